The summed E-state index contributed by atoms with van der Waals surface area (Å²) in [4.78, 5) is 27.1. The van der Waals surface area contributed by atoms with Crippen molar-refractivity contribution < 1.29 is 23.1 Å². The zero-order chi connectivity index (χ0) is 28.6. The van der Waals surface area contributed by atoms with Gasteiger partial charge >= 0.3 is 0 Å². The number of aromatic amines is 1. The Labute approximate surface area is 229 Å². The number of fused-ring (bicyclic) bond motifs is 1. The van der Waals surface area contributed by atoms with Gasteiger partial charge in [-0.15, -0.1) is 0 Å². The number of ether oxygens (including phenoxy) is 1. The lowest BCUT2D eigenvalue weighted by molar-refractivity contribution is -0.118. The number of carbonyl (C=O) groups is 2. The zero-order valence-corrected chi connectivity index (χ0v) is 22.6. The van der Waals surface area contributed by atoms with Gasteiger partial charge < -0.3 is 15.4 Å². The number of hydrogen-bond acceptors (Lipinski definition) is 5. The van der Waals surface area contributed by atoms with E-state index in [0.29, 0.717) is 5.69 Å². The predicted molar refractivity (Wildman–Crippen MR) is 145 cm³/mol. The van der Waals surface area contributed by atoms with Gasteiger partial charge in [-0.05, 0) is 63.9 Å². The standard InChI is InChI=1S/C29H30F2N6O3/c1-15(2)37-24(9-11-32-37)28(38)34-26(21-10-12-40-27-22(21)13-19(30)14-23(27)31)29(39)33-20-7-5-18(6-8-20)25-16(3)35-36-17(25)4/h5-9,11,13-15,21,26H,10,12H2,1-4H3,(H,33,39)(H,34,38)(H,35,36)/t21-,26-/m0/s1. The summed E-state index contributed by atoms with van der Waals surface area (Å²) in [6.07, 6.45) is 1.76. The van der Waals surface area contributed by atoms with Crippen LogP contribution in [0.25, 0.3) is 11.1 Å². The molecule has 0 unspecified atom stereocenters. The highest BCUT2D eigenvalue weighted by molar-refractivity contribution is 6.01. The number of hydrogen-bond donors (Lipinski definition) is 3. The minimum atomic E-state index is -1.16. The van der Waals surface area contributed by atoms with Crippen molar-refractivity contribution >= 4 is 17.5 Å². The number of H-pyrrole nitrogens is 1. The molecule has 0 radical (unpaired) electrons. The fourth-order valence-corrected chi connectivity index (χ4v) is 5.18. The van der Waals surface area contributed by atoms with Crippen molar-refractivity contribution in [1.82, 2.24) is 25.3 Å². The van der Waals surface area contributed by atoms with Crippen LogP contribution in [0.2, 0.25) is 0 Å². The van der Waals surface area contributed by atoms with Crippen LogP contribution in [0.15, 0.2) is 48.7 Å². The Balaban J connectivity index is 1.46. The highest BCUT2D eigenvalue weighted by atomic mass is 19.1. The van der Waals surface area contributed by atoms with Gasteiger partial charge in [0.25, 0.3) is 5.91 Å². The monoisotopic (exact) mass is 548 g/mol. The number of nitrogens with one attached hydrogen (secondary N) is 3. The number of halogens is 2. The van der Waals surface area contributed by atoms with E-state index in [2.05, 4.69) is 25.9 Å². The minimum absolute atomic E-state index is 0.0991. The molecule has 4 aromatic rings. The quantitative estimate of drug-likeness (QED) is 0.299. The molecule has 9 nitrogen and oxygen atoms in total. The van der Waals surface area contributed by atoms with Crippen molar-refractivity contribution in [2.75, 3.05) is 11.9 Å². The van der Waals surface area contributed by atoms with Crippen LogP contribution in [0.1, 0.15) is 59.7 Å². The Hall–Kier alpha value is -4.54. The highest BCUT2D eigenvalue weighted by Gasteiger charge is 2.37. The molecular weight excluding hydrogens is 518 g/mol. The van der Waals surface area contributed by atoms with Crippen molar-refractivity contribution in [3.63, 3.8) is 0 Å². The van der Waals surface area contributed by atoms with Crippen LogP contribution < -0.4 is 15.4 Å². The van der Waals surface area contributed by atoms with Crippen LogP contribution in [0.3, 0.4) is 0 Å². The maximum atomic E-state index is 14.6. The molecule has 0 fully saturated rings. The number of nitrogens with zero attached hydrogens (tertiary/aromatic N) is 3. The van der Waals surface area contributed by atoms with Crippen LogP contribution in [0.4, 0.5) is 14.5 Å². The number of anilines is 1. The third-order valence-corrected chi connectivity index (χ3v) is 7.04. The first kappa shape index (κ1) is 27.0. The molecule has 2 atom stereocenters. The minimum Gasteiger partial charge on any atom is -0.490 e. The SMILES string of the molecule is Cc1n[nH]c(C)c1-c1ccc(NC(=O)[C@@H](NC(=O)c2ccnn2C(C)C)[C@H]2CCOc3c(F)cc(F)cc32)cc1. The van der Waals surface area contributed by atoms with E-state index in [0.717, 1.165) is 34.6 Å². The van der Waals surface area contributed by atoms with Gasteiger partial charge in [0.15, 0.2) is 11.6 Å². The molecule has 2 amide bonds. The number of aromatic nitrogens is 4. The molecule has 40 heavy (non-hydrogen) atoms. The fraction of sp³-hybridized carbons (Fsp3) is 0.310. The summed E-state index contributed by atoms with van der Waals surface area (Å²) < 4.78 is 35.9. The largest absolute Gasteiger partial charge is 0.490 e. The van der Waals surface area contributed by atoms with Crippen LogP contribution in [-0.4, -0.2) is 44.4 Å². The molecular formula is C29H30F2N6O3. The molecule has 3 N–H and O–H groups in total. The molecule has 11 heteroatoms. The van der Waals surface area contributed by atoms with Crippen LogP contribution in [-0.2, 0) is 4.79 Å². The summed E-state index contributed by atoms with van der Waals surface area (Å²) in [6.45, 7) is 7.70. The lowest BCUT2D eigenvalue weighted by atomic mass is 9.85. The van der Waals surface area contributed by atoms with Gasteiger partial charge in [0.2, 0.25) is 5.91 Å². The van der Waals surface area contributed by atoms with Crippen molar-refractivity contribution in [2.24, 2.45) is 0 Å². The van der Waals surface area contributed by atoms with Crippen molar-refractivity contribution in [1.29, 1.82) is 0 Å². The van der Waals surface area contributed by atoms with E-state index in [9.17, 15) is 18.4 Å². The third-order valence-electron chi connectivity index (χ3n) is 7.04. The molecule has 5 rings (SSSR count). The van der Waals surface area contributed by atoms with Crippen molar-refractivity contribution in [2.45, 2.75) is 52.1 Å². The number of benzene rings is 2. The summed E-state index contributed by atoms with van der Waals surface area (Å²) >= 11 is 0. The zero-order valence-electron chi connectivity index (χ0n) is 22.6. The normalized spacial score (nSPS) is 15.3. The van der Waals surface area contributed by atoms with E-state index < -0.39 is 35.4 Å². The lowest BCUT2D eigenvalue weighted by Crippen LogP contribution is -2.49. The average molecular weight is 549 g/mol. The Morgan fingerprint density at radius 1 is 1.12 bits per heavy atom. The summed E-state index contributed by atoms with van der Waals surface area (Å²) in [5, 5.41) is 17.1. The number of carbonyl (C=O) groups excluding carboxylic acids is 2. The average Bonchev–Trinajstić information content (AvgIpc) is 3.54. The lowest BCUT2D eigenvalue weighted by Gasteiger charge is -2.32. The van der Waals surface area contributed by atoms with Crippen molar-refractivity contribution in [3.05, 3.63) is 82.9 Å². The Morgan fingerprint density at radius 3 is 2.55 bits per heavy atom. The summed E-state index contributed by atoms with van der Waals surface area (Å²) in [5.74, 6) is -3.58. The number of aryl methyl sites for hydroxylation is 2. The third kappa shape index (κ3) is 5.18. The van der Waals surface area contributed by atoms with E-state index in [-0.39, 0.29) is 36.1 Å². The first-order valence-corrected chi connectivity index (χ1v) is 13.0. The summed E-state index contributed by atoms with van der Waals surface area (Å²) in [7, 11) is 0. The molecule has 1 aliphatic heterocycles. The smallest absolute Gasteiger partial charge is 0.270 e. The molecule has 0 saturated heterocycles. The molecule has 0 saturated carbocycles. The second-order valence-electron chi connectivity index (χ2n) is 10.1. The van der Waals surface area contributed by atoms with E-state index >= 15 is 0 Å². The molecule has 2 aromatic heterocycles. The van der Waals surface area contributed by atoms with Gasteiger partial charge in [-0.1, -0.05) is 12.1 Å². The Morgan fingerprint density at radius 2 is 1.88 bits per heavy atom. The molecule has 3 heterocycles. The maximum absolute atomic E-state index is 14.6. The van der Waals surface area contributed by atoms with Crippen molar-refractivity contribution in [3.8, 4) is 16.9 Å². The number of amides is 2. The topological polar surface area (TPSA) is 114 Å². The van der Waals surface area contributed by atoms with Gasteiger partial charge in [-0.3, -0.25) is 19.4 Å². The molecule has 0 aliphatic carbocycles. The molecule has 0 spiro atoms. The Kier molecular flexibility index (Phi) is 7.38. The summed E-state index contributed by atoms with van der Waals surface area (Å²) in [6, 6.07) is 9.42. The molecule has 208 valence electrons. The summed E-state index contributed by atoms with van der Waals surface area (Å²) in [5.41, 5.74) is 4.64. The second-order valence-corrected chi connectivity index (χ2v) is 10.1. The molecule has 0 bridgehead atoms. The molecule has 1 aliphatic rings. The van der Waals surface area contributed by atoms with Gasteiger partial charge in [0.1, 0.15) is 17.6 Å². The van der Waals surface area contributed by atoms with E-state index in [1.54, 1.807) is 22.9 Å². The fourth-order valence-electron chi connectivity index (χ4n) is 5.18. The Bertz CT molecular complexity index is 1540. The second kappa shape index (κ2) is 10.9. The predicted octanol–water partition coefficient (Wildman–Crippen LogP) is 5.05. The van der Waals surface area contributed by atoms with Crippen LogP contribution >= 0.6 is 0 Å². The number of rotatable bonds is 7. The van der Waals surface area contributed by atoms with Gasteiger partial charge in [0.05, 0.1) is 12.3 Å². The van der Waals surface area contributed by atoms with Crippen LogP contribution in [0.5, 0.6) is 5.75 Å². The van der Waals surface area contributed by atoms with Gasteiger partial charge in [-0.25, -0.2) is 8.78 Å². The van der Waals surface area contributed by atoms with E-state index in [4.69, 9.17) is 4.74 Å². The first-order valence-electron chi connectivity index (χ1n) is 13.0. The first-order chi connectivity index (χ1) is 19.1. The van der Waals surface area contributed by atoms with Crippen LogP contribution in [0, 0.1) is 25.5 Å². The molecule has 2 aromatic carbocycles. The highest BCUT2D eigenvalue weighted by Crippen LogP contribution is 2.39. The van der Waals surface area contributed by atoms with Gasteiger partial charge in [-0.2, -0.15) is 10.2 Å². The van der Waals surface area contributed by atoms with E-state index in [1.165, 1.54) is 6.20 Å². The van der Waals surface area contributed by atoms with E-state index in [1.807, 2.05) is 39.8 Å². The maximum Gasteiger partial charge on any atom is 0.270 e. The van der Waals surface area contributed by atoms with Gasteiger partial charge in [0, 0.05) is 46.7 Å².